The van der Waals surface area contributed by atoms with Gasteiger partial charge in [0.25, 0.3) is 5.91 Å². The van der Waals surface area contributed by atoms with E-state index in [-0.39, 0.29) is 10.8 Å². The highest BCUT2D eigenvalue weighted by Gasteiger charge is 2.26. The molecule has 10 heteroatoms. The van der Waals surface area contributed by atoms with E-state index in [1.54, 1.807) is 6.07 Å². The number of benzene rings is 2. The molecular formula is C19H18ClN3O4S2. The van der Waals surface area contributed by atoms with Crippen molar-refractivity contribution in [2.24, 2.45) is 0 Å². The van der Waals surface area contributed by atoms with Crippen LogP contribution in [0, 0.1) is 6.92 Å². The van der Waals surface area contributed by atoms with Crippen LogP contribution >= 0.6 is 22.9 Å². The molecule has 1 saturated heterocycles. The Hall–Kier alpha value is -2.04. The maximum Gasteiger partial charge on any atom is 0.257 e. The fraction of sp³-hybridized carbons (Fsp3) is 0.263. The highest BCUT2D eigenvalue weighted by atomic mass is 35.5. The number of fused-ring (bicyclic) bond motifs is 1. The summed E-state index contributed by atoms with van der Waals surface area (Å²) in [7, 11) is -3.59. The summed E-state index contributed by atoms with van der Waals surface area (Å²) in [5.74, 6) is -0.358. The molecule has 0 atom stereocenters. The van der Waals surface area contributed by atoms with E-state index in [2.05, 4.69) is 10.3 Å². The first-order valence-corrected chi connectivity index (χ1v) is 11.5. The molecule has 29 heavy (non-hydrogen) atoms. The van der Waals surface area contributed by atoms with E-state index in [9.17, 15) is 13.2 Å². The minimum atomic E-state index is -3.59. The van der Waals surface area contributed by atoms with Crippen LogP contribution in [0.15, 0.2) is 41.3 Å². The summed E-state index contributed by atoms with van der Waals surface area (Å²) in [5.41, 5.74) is 1.96. The van der Waals surface area contributed by atoms with Crippen LogP contribution in [0.5, 0.6) is 0 Å². The van der Waals surface area contributed by atoms with E-state index in [0.717, 1.165) is 15.8 Å². The van der Waals surface area contributed by atoms with Gasteiger partial charge in [0.1, 0.15) is 0 Å². The molecule has 7 nitrogen and oxygen atoms in total. The van der Waals surface area contributed by atoms with Gasteiger partial charge in [0, 0.05) is 23.7 Å². The highest BCUT2D eigenvalue weighted by molar-refractivity contribution is 7.89. The summed E-state index contributed by atoms with van der Waals surface area (Å²) in [5, 5.41) is 3.85. The van der Waals surface area contributed by atoms with Crippen LogP contribution < -0.4 is 5.32 Å². The molecular weight excluding hydrogens is 434 g/mol. The number of hydrogen-bond acceptors (Lipinski definition) is 6. The smallest absolute Gasteiger partial charge is 0.257 e. The fourth-order valence-electron chi connectivity index (χ4n) is 3.04. The van der Waals surface area contributed by atoms with E-state index in [1.165, 1.54) is 39.9 Å². The van der Waals surface area contributed by atoms with Crippen molar-refractivity contribution in [3.8, 4) is 0 Å². The molecule has 1 aromatic heterocycles. The van der Waals surface area contributed by atoms with Crippen LogP contribution in [0.1, 0.15) is 15.9 Å². The van der Waals surface area contributed by atoms with Gasteiger partial charge in [0.05, 0.1) is 28.3 Å². The Labute approximate surface area is 177 Å². The zero-order valence-corrected chi connectivity index (χ0v) is 17.9. The van der Waals surface area contributed by atoms with Crippen molar-refractivity contribution in [3.05, 3.63) is 52.5 Å². The number of rotatable bonds is 4. The van der Waals surface area contributed by atoms with Crippen LogP contribution in [-0.2, 0) is 14.8 Å². The first kappa shape index (κ1) is 20.2. The molecule has 1 N–H and O–H groups in total. The third-order valence-electron chi connectivity index (χ3n) is 4.69. The topological polar surface area (TPSA) is 88.6 Å². The number of anilines is 1. The van der Waals surface area contributed by atoms with Gasteiger partial charge in [0.2, 0.25) is 10.0 Å². The van der Waals surface area contributed by atoms with Gasteiger partial charge in [0.15, 0.2) is 5.13 Å². The average Bonchev–Trinajstić information content (AvgIpc) is 3.15. The van der Waals surface area contributed by atoms with Gasteiger partial charge >= 0.3 is 0 Å². The zero-order chi connectivity index (χ0) is 20.6. The largest absolute Gasteiger partial charge is 0.379 e. The first-order valence-electron chi connectivity index (χ1n) is 8.91. The lowest BCUT2D eigenvalue weighted by Crippen LogP contribution is -2.40. The number of thiazole rings is 1. The predicted molar refractivity (Wildman–Crippen MR) is 113 cm³/mol. The maximum absolute atomic E-state index is 12.7. The number of sulfonamides is 1. The van der Waals surface area contributed by atoms with Crippen LogP contribution in [0.4, 0.5) is 5.13 Å². The number of nitrogens with one attached hydrogen (secondary N) is 1. The molecule has 0 unspecified atom stereocenters. The lowest BCUT2D eigenvalue weighted by molar-refractivity contribution is 0.0730. The summed E-state index contributed by atoms with van der Waals surface area (Å²) in [6, 6.07) is 9.56. The van der Waals surface area contributed by atoms with E-state index < -0.39 is 10.0 Å². The van der Waals surface area contributed by atoms with E-state index in [0.29, 0.717) is 42.0 Å². The second-order valence-electron chi connectivity index (χ2n) is 6.53. The third-order valence-corrected chi connectivity index (χ3v) is 7.95. The van der Waals surface area contributed by atoms with Gasteiger partial charge in [-0.25, -0.2) is 13.4 Å². The number of carbonyl (C=O) groups is 1. The van der Waals surface area contributed by atoms with Crippen molar-refractivity contribution in [3.63, 3.8) is 0 Å². The van der Waals surface area contributed by atoms with Gasteiger partial charge in [-0.3, -0.25) is 10.1 Å². The Morgan fingerprint density at radius 3 is 2.55 bits per heavy atom. The molecule has 0 saturated carbocycles. The molecule has 0 bridgehead atoms. The molecule has 3 aromatic rings. The van der Waals surface area contributed by atoms with Crippen LogP contribution in [0.25, 0.3) is 10.2 Å². The van der Waals surface area contributed by atoms with Crippen molar-refractivity contribution in [2.75, 3.05) is 31.6 Å². The maximum atomic E-state index is 12.7. The number of halogens is 1. The van der Waals surface area contributed by atoms with Gasteiger partial charge in [-0.05, 0) is 48.9 Å². The molecule has 0 spiro atoms. The number of aromatic nitrogens is 1. The molecule has 1 amide bonds. The van der Waals surface area contributed by atoms with Crippen LogP contribution in [0.2, 0.25) is 5.02 Å². The SMILES string of the molecule is Cc1c(Cl)ccc2sc(NC(=O)c3ccc(S(=O)(=O)N4CCOCC4)cc3)nc12. The van der Waals surface area contributed by atoms with Gasteiger partial charge < -0.3 is 4.74 Å². The lowest BCUT2D eigenvalue weighted by atomic mass is 10.2. The molecule has 1 aliphatic heterocycles. The molecule has 1 aliphatic rings. The molecule has 4 rings (SSSR count). The van der Waals surface area contributed by atoms with Gasteiger partial charge in [-0.15, -0.1) is 0 Å². The highest BCUT2D eigenvalue weighted by Crippen LogP contribution is 2.31. The van der Waals surface area contributed by atoms with Crippen molar-refractivity contribution in [1.29, 1.82) is 0 Å². The standard InChI is InChI=1S/C19H18ClN3O4S2/c1-12-15(20)6-7-16-17(12)21-19(28-16)22-18(24)13-2-4-14(5-3-13)29(25,26)23-8-10-27-11-9-23/h2-7H,8-11H2,1H3,(H,21,22,24). The fourth-order valence-corrected chi connectivity index (χ4v) is 5.52. The molecule has 0 aliphatic carbocycles. The van der Waals surface area contributed by atoms with E-state index in [4.69, 9.17) is 16.3 Å². The normalized spacial score (nSPS) is 15.5. The monoisotopic (exact) mass is 451 g/mol. The number of hydrogen-bond donors (Lipinski definition) is 1. The third kappa shape index (κ3) is 4.01. The summed E-state index contributed by atoms with van der Waals surface area (Å²) < 4.78 is 32.9. The number of morpholine rings is 1. The molecule has 2 aromatic carbocycles. The lowest BCUT2D eigenvalue weighted by Gasteiger charge is -2.26. The summed E-state index contributed by atoms with van der Waals surface area (Å²) in [6.45, 7) is 3.29. The second kappa shape index (κ2) is 8.00. The number of amides is 1. The molecule has 0 radical (unpaired) electrons. The van der Waals surface area contributed by atoms with Gasteiger partial charge in [-0.2, -0.15) is 4.31 Å². The number of aryl methyl sites for hydroxylation is 1. The number of ether oxygens (including phenoxy) is 1. The van der Waals surface area contributed by atoms with Crippen molar-refractivity contribution >= 4 is 54.2 Å². The average molecular weight is 452 g/mol. The quantitative estimate of drug-likeness (QED) is 0.655. The first-order chi connectivity index (χ1) is 13.9. The Morgan fingerprint density at radius 1 is 1.17 bits per heavy atom. The summed E-state index contributed by atoms with van der Waals surface area (Å²) in [4.78, 5) is 17.2. The molecule has 1 fully saturated rings. The number of carbonyl (C=O) groups excluding carboxylic acids is 1. The predicted octanol–water partition coefficient (Wildman–Crippen LogP) is 3.53. The van der Waals surface area contributed by atoms with Gasteiger partial charge in [-0.1, -0.05) is 22.9 Å². The molecule has 2 heterocycles. The Bertz CT molecular complexity index is 1170. The van der Waals surface area contributed by atoms with Crippen molar-refractivity contribution in [2.45, 2.75) is 11.8 Å². The van der Waals surface area contributed by atoms with Crippen molar-refractivity contribution in [1.82, 2.24) is 9.29 Å². The summed E-state index contributed by atoms with van der Waals surface area (Å²) >= 11 is 7.48. The van der Waals surface area contributed by atoms with Crippen molar-refractivity contribution < 1.29 is 17.9 Å². The minimum Gasteiger partial charge on any atom is -0.379 e. The molecule has 152 valence electrons. The Balaban J connectivity index is 1.52. The minimum absolute atomic E-state index is 0.154. The second-order valence-corrected chi connectivity index (χ2v) is 9.91. The van der Waals surface area contributed by atoms with Crippen LogP contribution in [-0.4, -0.2) is 49.9 Å². The Kier molecular flexibility index (Phi) is 5.58. The summed E-state index contributed by atoms with van der Waals surface area (Å²) in [6.07, 6.45) is 0. The Morgan fingerprint density at radius 2 is 1.86 bits per heavy atom. The zero-order valence-electron chi connectivity index (χ0n) is 15.5. The van der Waals surface area contributed by atoms with E-state index >= 15 is 0 Å². The number of nitrogens with zero attached hydrogens (tertiary/aromatic N) is 2. The van der Waals surface area contributed by atoms with Crippen LogP contribution in [0.3, 0.4) is 0 Å². The van der Waals surface area contributed by atoms with E-state index in [1.807, 2.05) is 13.0 Å².